The first kappa shape index (κ1) is 16.3. The normalized spacial score (nSPS) is 18.8. The second-order valence-electron chi connectivity index (χ2n) is 5.88. The molecular formula is C16H23F3N2. The third-order valence-electron chi connectivity index (χ3n) is 4.19. The van der Waals surface area contributed by atoms with Crippen molar-refractivity contribution in [2.24, 2.45) is 5.73 Å². The summed E-state index contributed by atoms with van der Waals surface area (Å²) in [6.45, 7) is 2.98. The SMILES string of the molecule is CCc1ccc(C(N)C(C)N(CC(F)(F)F)C2CC2)cc1. The minimum atomic E-state index is -4.18. The van der Waals surface area contributed by atoms with E-state index in [0.29, 0.717) is 0 Å². The van der Waals surface area contributed by atoms with E-state index in [0.717, 1.165) is 24.8 Å². The molecule has 2 atom stereocenters. The third-order valence-corrected chi connectivity index (χ3v) is 4.19. The van der Waals surface area contributed by atoms with Crippen LogP contribution in [-0.4, -0.2) is 29.7 Å². The number of nitrogens with zero attached hydrogens (tertiary/aromatic N) is 1. The average molecular weight is 300 g/mol. The molecular weight excluding hydrogens is 277 g/mol. The monoisotopic (exact) mass is 300 g/mol. The lowest BCUT2D eigenvalue weighted by atomic mass is 9.98. The lowest BCUT2D eigenvalue weighted by Gasteiger charge is -2.34. The predicted molar refractivity (Wildman–Crippen MR) is 78.0 cm³/mol. The maximum atomic E-state index is 12.7. The van der Waals surface area contributed by atoms with Crippen LogP contribution >= 0.6 is 0 Å². The van der Waals surface area contributed by atoms with Crippen LogP contribution in [0.3, 0.4) is 0 Å². The smallest absolute Gasteiger partial charge is 0.323 e. The molecule has 118 valence electrons. The van der Waals surface area contributed by atoms with E-state index in [9.17, 15) is 13.2 Å². The van der Waals surface area contributed by atoms with Gasteiger partial charge in [0, 0.05) is 18.1 Å². The second kappa shape index (κ2) is 6.36. The molecule has 2 unspecified atom stereocenters. The second-order valence-corrected chi connectivity index (χ2v) is 5.88. The van der Waals surface area contributed by atoms with E-state index in [1.807, 2.05) is 24.3 Å². The summed E-state index contributed by atoms with van der Waals surface area (Å²) < 4.78 is 38.2. The molecule has 1 aliphatic rings. The molecule has 0 spiro atoms. The molecule has 2 N–H and O–H groups in total. The fourth-order valence-corrected chi connectivity index (χ4v) is 2.68. The Hall–Kier alpha value is -1.07. The summed E-state index contributed by atoms with van der Waals surface area (Å²) in [5.41, 5.74) is 8.30. The van der Waals surface area contributed by atoms with Crippen molar-refractivity contribution >= 4 is 0 Å². The fraction of sp³-hybridized carbons (Fsp3) is 0.625. The van der Waals surface area contributed by atoms with Crippen molar-refractivity contribution < 1.29 is 13.2 Å². The molecule has 2 nitrogen and oxygen atoms in total. The summed E-state index contributed by atoms with van der Waals surface area (Å²) in [5.74, 6) is 0. The molecule has 0 amide bonds. The maximum absolute atomic E-state index is 12.7. The number of hydrogen-bond acceptors (Lipinski definition) is 2. The number of nitrogens with two attached hydrogens (primary N) is 1. The maximum Gasteiger partial charge on any atom is 0.401 e. The first-order chi connectivity index (χ1) is 9.81. The van der Waals surface area contributed by atoms with Gasteiger partial charge < -0.3 is 5.73 Å². The summed E-state index contributed by atoms with van der Waals surface area (Å²) in [5, 5.41) is 0. The van der Waals surface area contributed by atoms with Gasteiger partial charge in [0.15, 0.2) is 0 Å². The number of alkyl halides is 3. The van der Waals surface area contributed by atoms with Gasteiger partial charge in [-0.1, -0.05) is 31.2 Å². The molecule has 1 saturated carbocycles. The summed E-state index contributed by atoms with van der Waals surface area (Å²) >= 11 is 0. The Bertz CT molecular complexity index is 452. The molecule has 0 heterocycles. The van der Waals surface area contributed by atoms with E-state index in [1.165, 1.54) is 10.5 Å². The lowest BCUT2D eigenvalue weighted by molar-refractivity contribution is -0.152. The summed E-state index contributed by atoms with van der Waals surface area (Å²) in [7, 11) is 0. The van der Waals surface area contributed by atoms with Crippen molar-refractivity contribution in [3.8, 4) is 0 Å². The lowest BCUT2D eigenvalue weighted by Crippen LogP contribution is -2.46. The van der Waals surface area contributed by atoms with Gasteiger partial charge in [-0.05, 0) is 37.3 Å². The summed E-state index contributed by atoms with van der Waals surface area (Å²) in [6, 6.07) is 7.14. The Labute approximate surface area is 124 Å². The average Bonchev–Trinajstić information content (AvgIpc) is 3.27. The van der Waals surface area contributed by atoms with Crippen LogP contribution in [-0.2, 0) is 6.42 Å². The summed E-state index contributed by atoms with van der Waals surface area (Å²) in [4.78, 5) is 1.51. The molecule has 0 aromatic heterocycles. The minimum Gasteiger partial charge on any atom is -0.323 e. The molecule has 0 radical (unpaired) electrons. The van der Waals surface area contributed by atoms with Gasteiger partial charge in [-0.2, -0.15) is 13.2 Å². The molecule has 1 aromatic carbocycles. The molecule has 5 heteroatoms. The highest BCUT2D eigenvalue weighted by molar-refractivity contribution is 5.26. The van der Waals surface area contributed by atoms with Crippen LogP contribution < -0.4 is 5.73 Å². The highest BCUT2D eigenvalue weighted by atomic mass is 19.4. The zero-order valence-electron chi connectivity index (χ0n) is 12.5. The quantitative estimate of drug-likeness (QED) is 0.868. The van der Waals surface area contributed by atoms with Gasteiger partial charge in [0.1, 0.15) is 0 Å². The van der Waals surface area contributed by atoms with Crippen LogP contribution in [0.5, 0.6) is 0 Å². The van der Waals surface area contributed by atoms with Crippen LogP contribution in [0.15, 0.2) is 24.3 Å². The van der Waals surface area contributed by atoms with E-state index < -0.39 is 18.8 Å². The Balaban J connectivity index is 2.09. The van der Waals surface area contributed by atoms with Crippen LogP contribution in [0.4, 0.5) is 13.2 Å². The van der Waals surface area contributed by atoms with Gasteiger partial charge in [0.25, 0.3) is 0 Å². The highest BCUT2D eigenvalue weighted by Crippen LogP contribution is 2.34. The Morgan fingerprint density at radius 2 is 1.81 bits per heavy atom. The van der Waals surface area contributed by atoms with E-state index in [-0.39, 0.29) is 12.1 Å². The summed E-state index contributed by atoms with van der Waals surface area (Å²) in [6.07, 6.45) is -1.57. The largest absolute Gasteiger partial charge is 0.401 e. The van der Waals surface area contributed by atoms with Gasteiger partial charge in [-0.15, -0.1) is 0 Å². The van der Waals surface area contributed by atoms with Gasteiger partial charge >= 0.3 is 6.18 Å². The Morgan fingerprint density at radius 3 is 2.24 bits per heavy atom. The van der Waals surface area contributed by atoms with Crippen LogP contribution in [0.25, 0.3) is 0 Å². The van der Waals surface area contributed by atoms with Crippen molar-refractivity contribution in [1.82, 2.24) is 4.90 Å². The first-order valence-electron chi connectivity index (χ1n) is 7.48. The molecule has 0 bridgehead atoms. The van der Waals surface area contributed by atoms with Crippen molar-refractivity contribution in [3.05, 3.63) is 35.4 Å². The van der Waals surface area contributed by atoms with E-state index in [2.05, 4.69) is 6.92 Å². The van der Waals surface area contributed by atoms with Gasteiger partial charge in [-0.25, -0.2) is 0 Å². The number of halogens is 3. The van der Waals surface area contributed by atoms with Crippen molar-refractivity contribution in [2.75, 3.05) is 6.54 Å². The zero-order valence-corrected chi connectivity index (χ0v) is 12.5. The van der Waals surface area contributed by atoms with Crippen LogP contribution in [0, 0.1) is 0 Å². The third kappa shape index (κ3) is 4.45. The number of benzene rings is 1. The molecule has 21 heavy (non-hydrogen) atoms. The van der Waals surface area contributed by atoms with Crippen LogP contribution in [0.1, 0.15) is 43.9 Å². The Kier molecular flexibility index (Phi) is 4.94. The number of aryl methyl sites for hydroxylation is 1. The standard InChI is InChI=1S/C16H23F3N2/c1-3-12-4-6-13(7-5-12)15(20)11(2)21(14-8-9-14)10-16(17,18)19/h4-7,11,14-15H,3,8-10,20H2,1-2H3. The molecule has 0 saturated heterocycles. The topological polar surface area (TPSA) is 29.3 Å². The van der Waals surface area contributed by atoms with Crippen molar-refractivity contribution in [1.29, 1.82) is 0 Å². The molecule has 2 rings (SSSR count). The zero-order chi connectivity index (χ0) is 15.6. The molecule has 1 aromatic rings. The molecule has 1 aliphatic carbocycles. The number of rotatable bonds is 6. The van der Waals surface area contributed by atoms with E-state index in [4.69, 9.17) is 5.73 Å². The van der Waals surface area contributed by atoms with Crippen molar-refractivity contribution in [3.63, 3.8) is 0 Å². The molecule has 0 aliphatic heterocycles. The first-order valence-corrected chi connectivity index (χ1v) is 7.48. The van der Waals surface area contributed by atoms with Gasteiger partial charge in [0.05, 0.1) is 6.54 Å². The van der Waals surface area contributed by atoms with E-state index >= 15 is 0 Å². The minimum absolute atomic E-state index is 0.0302. The molecule has 1 fully saturated rings. The van der Waals surface area contributed by atoms with E-state index in [1.54, 1.807) is 6.92 Å². The van der Waals surface area contributed by atoms with Gasteiger partial charge in [-0.3, -0.25) is 4.90 Å². The predicted octanol–water partition coefficient (Wildman–Crippen LogP) is 3.66. The van der Waals surface area contributed by atoms with Crippen molar-refractivity contribution in [2.45, 2.75) is 57.4 Å². The van der Waals surface area contributed by atoms with Crippen LogP contribution in [0.2, 0.25) is 0 Å². The van der Waals surface area contributed by atoms with Gasteiger partial charge in [0.2, 0.25) is 0 Å². The number of hydrogen-bond donors (Lipinski definition) is 1. The fourth-order valence-electron chi connectivity index (χ4n) is 2.68. The highest BCUT2D eigenvalue weighted by Gasteiger charge is 2.41. The Morgan fingerprint density at radius 1 is 1.24 bits per heavy atom.